The average Bonchev–Trinajstić information content (AvgIpc) is 2.42. The third-order valence-corrected chi connectivity index (χ3v) is 3.22. The van der Waals surface area contributed by atoms with Gasteiger partial charge in [-0.2, -0.15) is 0 Å². The largest absolute Gasteiger partial charge is 0.393 e. The van der Waals surface area contributed by atoms with Gasteiger partial charge in [0.15, 0.2) is 0 Å². The van der Waals surface area contributed by atoms with Crippen molar-refractivity contribution in [1.29, 1.82) is 0 Å². The normalized spacial score (nSPS) is 46.2. The molecule has 0 heterocycles. The van der Waals surface area contributed by atoms with Crippen LogP contribution in [0.1, 0.15) is 26.7 Å². The van der Waals surface area contributed by atoms with Crippen LogP contribution < -0.4 is 0 Å². The molecule has 2 aliphatic rings. The van der Waals surface area contributed by atoms with E-state index in [2.05, 4.69) is 13.8 Å². The predicted molar refractivity (Wildman–Crippen MR) is 40.5 cm³/mol. The minimum atomic E-state index is -0.0104. The molecule has 0 aliphatic heterocycles. The number of rotatable bonds is 2. The SMILES string of the molecule is CC(C)C(O)C1CC2CC21. The molecule has 0 radical (unpaired) electrons. The second-order valence-electron chi connectivity index (χ2n) is 4.29. The van der Waals surface area contributed by atoms with Gasteiger partial charge in [-0.25, -0.2) is 0 Å². The van der Waals surface area contributed by atoms with Crippen molar-refractivity contribution in [3.63, 3.8) is 0 Å². The Morgan fingerprint density at radius 1 is 1.30 bits per heavy atom. The molecule has 1 N–H and O–H groups in total. The van der Waals surface area contributed by atoms with Crippen LogP contribution in [0.2, 0.25) is 0 Å². The van der Waals surface area contributed by atoms with Gasteiger partial charge in [-0.1, -0.05) is 13.8 Å². The summed E-state index contributed by atoms with van der Waals surface area (Å²) >= 11 is 0. The minimum Gasteiger partial charge on any atom is -0.393 e. The fraction of sp³-hybridized carbons (Fsp3) is 1.00. The summed E-state index contributed by atoms with van der Waals surface area (Å²) in [6.07, 6.45) is 2.71. The lowest BCUT2D eigenvalue weighted by molar-refractivity contribution is 0.0189. The smallest absolute Gasteiger partial charge is 0.0594 e. The molecule has 0 aromatic carbocycles. The van der Waals surface area contributed by atoms with E-state index in [1.165, 1.54) is 12.8 Å². The van der Waals surface area contributed by atoms with E-state index in [0.717, 1.165) is 11.8 Å². The summed E-state index contributed by atoms with van der Waals surface area (Å²) in [5.41, 5.74) is 0. The number of hydrogen-bond acceptors (Lipinski definition) is 1. The summed E-state index contributed by atoms with van der Waals surface area (Å²) in [6.45, 7) is 4.22. The van der Waals surface area contributed by atoms with E-state index < -0.39 is 0 Å². The van der Waals surface area contributed by atoms with Crippen molar-refractivity contribution in [2.75, 3.05) is 0 Å². The molecule has 0 amide bonds. The van der Waals surface area contributed by atoms with Gasteiger partial charge in [0.1, 0.15) is 0 Å². The molecule has 0 saturated heterocycles. The van der Waals surface area contributed by atoms with Crippen LogP contribution in [0.4, 0.5) is 0 Å². The first-order valence-corrected chi connectivity index (χ1v) is 4.38. The van der Waals surface area contributed by atoms with Crippen molar-refractivity contribution in [2.45, 2.75) is 32.8 Å². The molecule has 2 saturated carbocycles. The maximum Gasteiger partial charge on any atom is 0.0594 e. The van der Waals surface area contributed by atoms with Crippen molar-refractivity contribution in [3.05, 3.63) is 0 Å². The molecule has 4 unspecified atom stereocenters. The Bertz CT molecular complexity index is 140. The summed E-state index contributed by atoms with van der Waals surface area (Å²) < 4.78 is 0. The molecule has 2 fully saturated rings. The van der Waals surface area contributed by atoms with Crippen molar-refractivity contribution >= 4 is 0 Å². The quantitative estimate of drug-likeness (QED) is 0.618. The number of fused-ring (bicyclic) bond motifs is 1. The van der Waals surface area contributed by atoms with Crippen molar-refractivity contribution in [1.82, 2.24) is 0 Å². The van der Waals surface area contributed by atoms with Crippen LogP contribution in [0, 0.1) is 23.7 Å². The van der Waals surface area contributed by atoms with E-state index in [0.29, 0.717) is 11.8 Å². The number of aliphatic hydroxyl groups excluding tert-OH is 1. The first kappa shape index (κ1) is 6.66. The molecule has 2 rings (SSSR count). The second-order valence-corrected chi connectivity index (χ2v) is 4.29. The highest BCUT2D eigenvalue weighted by Gasteiger charge is 2.55. The molecule has 4 atom stereocenters. The summed E-state index contributed by atoms with van der Waals surface area (Å²) in [5, 5.41) is 9.64. The molecule has 58 valence electrons. The highest BCUT2D eigenvalue weighted by Crippen LogP contribution is 2.61. The Balaban J connectivity index is 1.87. The third-order valence-electron chi connectivity index (χ3n) is 3.22. The van der Waals surface area contributed by atoms with Crippen molar-refractivity contribution < 1.29 is 5.11 Å². The Hall–Kier alpha value is -0.0400. The van der Waals surface area contributed by atoms with E-state index in [4.69, 9.17) is 0 Å². The summed E-state index contributed by atoms with van der Waals surface area (Å²) in [7, 11) is 0. The molecule has 0 spiro atoms. The fourth-order valence-electron chi connectivity index (χ4n) is 2.28. The highest BCUT2D eigenvalue weighted by molar-refractivity contribution is 5.05. The standard InChI is InChI=1S/C9H16O/c1-5(2)9(10)8-4-6-3-7(6)8/h5-10H,3-4H2,1-2H3. The monoisotopic (exact) mass is 140 g/mol. The zero-order chi connectivity index (χ0) is 7.30. The van der Waals surface area contributed by atoms with E-state index in [1.807, 2.05) is 0 Å². The summed E-state index contributed by atoms with van der Waals surface area (Å²) in [4.78, 5) is 0. The van der Waals surface area contributed by atoms with E-state index in [1.54, 1.807) is 0 Å². The highest BCUT2D eigenvalue weighted by atomic mass is 16.3. The van der Waals surface area contributed by atoms with Gasteiger partial charge in [-0.05, 0) is 36.5 Å². The van der Waals surface area contributed by atoms with Crippen LogP contribution in [0.15, 0.2) is 0 Å². The molecule has 0 aromatic heterocycles. The van der Waals surface area contributed by atoms with Crippen LogP contribution in [0.3, 0.4) is 0 Å². The molecule has 10 heavy (non-hydrogen) atoms. The molecule has 2 aliphatic carbocycles. The van der Waals surface area contributed by atoms with E-state index >= 15 is 0 Å². The van der Waals surface area contributed by atoms with Gasteiger partial charge in [0.2, 0.25) is 0 Å². The molecule has 1 heteroatoms. The van der Waals surface area contributed by atoms with Crippen LogP contribution in [-0.4, -0.2) is 11.2 Å². The van der Waals surface area contributed by atoms with E-state index in [9.17, 15) is 5.11 Å². The molecule has 0 bridgehead atoms. The lowest BCUT2D eigenvalue weighted by Crippen LogP contribution is -2.33. The Morgan fingerprint density at radius 3 is 2.30 bits per heavy atom. The van der Waals surface area contributed by atoms with Gasteiger partial charge in [0, 0.05) is 0 Å². The van der Waals surface area contributed by atoms with Crippen LogP contribution in [0.5, 0.6) is 0 Å². The Morgan fingerprint density at radius 2 is 2.00 bits per heavy atom. The second kappa shape index (κ2) is 1.97. The summed E-state index contributed by atoms with van der Waals surface area (Å²) in [5.74, 6) is 3.09. The van der Waals surface area contributed by atoms with Crippen LogP contribution in [0.25, 0.3) is 0 Å². The van der Waals surface area contributed by atoms with Crippen LogP contribution in [-0.2, 0) is 0 Å². The first-order chi connectivity index (χ1) is 4.70. The lowest BCUT2D eigenvalue weighted by Gasteiger charge is -2.32. The predicted octanol–water partition coefficient (Wildman–Crippen LogP) is 1.66. The Kier molecular flexibility index (Phi) is 1.31. The van der Waals surface area contributed by atoms with E-state index in [-0.39, 0.29) is 6.10 Å². The first-order valence-electron chi connectivity index (χ1n) is 4.38. The van der Waals surface area contributed by atoms with Crippen molar-refractivity contribution in [3.8, 4) is 0 Å². The fourth-order valence-corrected chi connectivity index (χ4v) is 2.28. The average molecular weight is 140 g/mol. The number of aliphatic hydroxyl groups is 1. The summed E-state index contributed by atoms with van der Waals surface area (Å²) in [6, 6.07) is 0. The molecular weight excluding hydrogens is 124 g/mol. The maximum absolute atomic E-state index is 9.64. The van der Waals surface area contributed by atoms with Crippen LogP contribution >= 0.6 is 0 Å². The third kappa shape index (κ3) is 0.800. The minimum absolute atomic E-state index is 0.0104. The van der Waals surface area contributed by atoms with Gasteiger partial charge < -0.3 is 5.11 Å². The van der Waals surface area contributed by atoms with Gasteiger partial charge in [-0.3, -0.25) is 0 Å². The molecule has 1 nitrogen and oxygen atoms in total. The van der Waals surface area contributed by atoms with Gasteiger partial charge in [0.05, 0.1) is 6.10 Å². The van der Waals surface area contributed by atoms with Crippen molar-refractivity contribution in [2.24, 2.45) is 23.7 Å². The Labute approximate surface area is 62.4 Å². The molecule has 0 aromatic rings. The zero-order valence-electron chi connectivity index (χ0n) is 6.75. The molecular formula is C9H16O. The zero-order valence-corrected chi connectivity index (χ0v) is 6.75. The van der Waals surface area contributed by atoms with Gasteiger partial charge >= 0.3 is 0 Å². The number of hydrogen-bond donors (Lipinski definition) is 1. The maximum atomic E-state index is 9.64. The lowest BCUT2D eigenvalue weighted by atomic mass is 9.77. The van der Waals surface area contributed by atoms with Gasteiger partial charge in [0.25, 0.3) is 0 Å². The topological polar surface area (TPSA) is 20.2 Å². The van der Waals surface area contributed by atoms with Gasteiger partial charge in [-0.15, -0.1) is 0 Å².